The van der Waals surface area contributed by atoms with Crippen molar-refractivity contribution in [1.82, 2.24) is 10.3 Å². The predicted octanol–water partition coefficient (Wildman–Crippen LogP) is 3.05. The summed E-state index contributed by atoms with van der Waals surface area (Å²) >= 11 is 0. The third kappa shape index (κ3) is 5.39. The molecule has 25 heavy (non-hydrogen) atoms. The molecule has 0 saturated carbocycles. The zero-order valence-electron chi connectivity index (χ0n) is 12.9. The topological polar surface area (TPSA) is 84.2 Å². The third-order valence-electron chi connectivity index (χ3n) is 2.88. The maximum absolute atomic E-state index is 12.2. The van der Waals surface area contributed by atoms with E-state index in [0.717, 1.165) is 0 Å². The van der Waals surface area contributed by atoms with Crippen LogP contribution >= 0.6 is 0 Å². The Balaban J connectivity index is 2.24. The summed E-state index contributed by atoms with van der Waals surface area (Å²) in [6, 6.07) is 10.7. The van der Waals surface area contributed by atoms with Gasteiger partial charge >= 0.3 is 6.18 Å². The fraction of sp³-hybridized carbons (Fsp3) is 0.188. The maximum Gasteiger partial charge on any atom is 0.405 e. The first-order valence-corrected chi connectivity index (χ1v) is 6.90. The number of nitrogens with one attached hydrogen (secondary N) is 1. The van der Waals surface area contributed by atoms with Gasteiger partial charge in [-0.2, -0.15) is 18.4 Å². The monoisotopic (exact) mass is 351 g/mol. The highest BCUT2D eigenvalue weighted by molar-refractivity contribution is 5.92. The number of halogens is 3. The van der Waals surface area contributed by atoms with E-state index in [0.29, 0.717) is 5.56 Å². The zero-order valence-corrected chi connectivity index (χ0v) is 12.9. The van der Waals surface area contributed by atoms with E-state index in [9.17, 15) is 18.0 Å². The molecule has 130 valence electrons. The van der Waals surface area contributed by atoms with Crippen LogP contribution in [0.1, 0.15) is 16.1 Å². The van der Waals surface area contributed by atoms with Crippen LogP contribution in [0.15, 0.2) is 36.4 Å². The van der Waals surface area contributed by atoms with Gasteiger partial charge in [-0.25, -0.2) is 4.98 Å². The molecule has 9 heteroatoms. The lowest BCUT2D eigenvalue weighted by Gasteiger charge is -2.11. The first-order chi connectivity index (χ1) is 11.8. The van der Waals surface area contributed by atoms with Crippen molar-refractivity contribution < 1.29 is 27.4 Å². The number of pyridine rings is 1. The lowest BCUT2D eigenvalue weighted by atomic mass is 10.2. The number of carbonyl (C=O) groups excluding carboxylic acids is 1. The lowest BCUT2D eigenvalue weighted by Crippen LogP contribution is -2.34. The Morgan fingerprint density at radius 2 is 2.04 bits per heavy atom. The number of nitriles is 1. The summed E-state index contributed by atoms with van der Waals surface area (Å²) < 4.78 is 47.1. The molecule has 0 saturated heterocycles. The first-order valence-electron chi connectivity index (χ1n) is 6.90. The summed E-state index contributed by atoms with van der Waals surface area (Å²) in [5.74, 6) is -0.626. The number of rotatable bonds is 5. The summed E-state index contributed by atoms with van der Waals surface area (Å²) in [4.78, 5) is 15.7. The fourth-order valence-electron chi connectivity index (χ4n) is 1.79. The van der Waals surface area contributed by atoms with E-state index in [1.165, 1.54) is 25.3 Å². The number of amides is 1. The van der Waals surface area contributed by atoms with Crippen LogP contribution in [0.4, 0.5) is 13.2 Å². The van der Waals surface area contributed by atoms with Gasteiger partial charge in [0.2, 0.25) is 5.88 Å². The molecule has 0 aliphatic heterocycles. The second-order valence-electron chi connectivity index (χ2n) is 4.77. The first kappa shape index (κ1) is 18.1. The van der Waals surface area contributed by atoms with Gasteiger partial charge in [0.05, 0.1) is 18.7 Å². The van der Waals surface area contributed by atoms with Crippen LogP contribution in [0.25, 0.3) is 0 Å². The van der Waals surface area contributed by atoms with E-state index in [1.807, 2.05) is 6.07 Å². The smallest absolute Gasteiger partial charge is 0.405 e. The minimum Gasteiger partial charge on any atom is -0.496 e. The molecule has 1 amide bonds. The van der Waals surface area contributed by atoms with Crippen molar-refractivity contribution in [3.05, 3.63) is 47.7 Å². The van der Waals surface area contributed by atoms with Gasteiger partial charge in [-0.15, -0.1) is 0 Å². The summed E-state index contributed by atoms with van der Waals surface area (Å²) in [6.07, 6.45) is -4.54. The summed E-state index contributed by atoms with van der Waals surface area (Å²) in [7, 11) is 1.33. The SMILES string of the molecule is COc1cc(Oc2cccc(C#N)c2)nc(C(=O)NCC(F)(F)F)c1. The molecule has 0 aliphatic rings. The molecule has 2 aromatic rings. The van der Waals surface area contributed by atoms with E-state index < -0.39 is 18.6 Å². The van der Waals surface area contributed by atoms with E-state index >= 15 is 0 Å². The number of benzene rings is 1. The van der Waals surface area contributed by atoms with Gasteiger partial charge in [0.25, 0.3) is 5.91 Å². The number of hydrogen-bond acceptors (Lipinski definition) is 5. The van der Waals surface area contributed by atoms with Gasteiger partial charge in [-0.3, -0.25) is 4.79 Å². The number of aromatic nitrogens is 1. The molecule has 0 unspecified atom stereocenters. The van der Waals surface area contributed by atoms with Gasteiger partial charge in [0.1, 0.15) is 23.7 Å². The average molecular weight is 351 g/mol. The third-order valence-corrected chi connectivity index (χ3v) is 2.88. The molecule has 2 rings (SSSR count). The molecule has 1 aromatic heterocycles. The van der Waals surface area contributed by atoms with Crippen molar-refractivity contribution in [2.24, 2.45) is 0 Å². The highest BCUT2D eigenvalue weighted by atomic mass is 19.4. The highest BCUT2D eigenvalue weighted by Gasteiger charge is 2.28. The Hall–Kier alpha value is -3.28. The van der Waals surface area contributed by atoms with E-state index in [4.69, 9.17) is 14.7 Å². The molecule has 1 N–H and O–H groups in total. The van der Waals surface area contributed by atoms with Gasteiger partial charge in [-0.05, 0) is 18.2 Å². The maximum atomic E-state index is 12.2. The Kier molecular flexibility index (Phi) is 5.44. The predicted molar refractivity (Wildman–Crippen MR) is 80.4 cm³/mol. The van der Waals surface area contributed by atoms with Crippen molar-refractivity contribution >= 4 is 5.91 Å². The Labute approximate surface area is 140 Å². The number of alkyl halides is 3. The summed E-state index contributed by atoms with van der Waals surface area (Å²) in [5, 5.41) is 10.6. The standard InChI is InChI=1S/C16H12F3N3O3/c1-24-12-6-13(15(23)21-9-16(17,18)19)22-14(7-12)25-11-4-2-3-10(5-11)8-20/h2-7H,9H2,1H3,(H,21,23). The van der Waals surface area contributed by atoms with E-state index in [-0.39, 0.29) is 23.1 Å². The van der Waals surface area contributed by atoms with Gasteiger partial charge in [0.15, 0.2) is 0 Å². The number of hydrogen-bond donors (Lipinski definition) is 1. The number of methoxy groups -OCH3 is 1. The molecule has 0 bridgehead atoms. The largest absolute Gasteiger partial charge is 0.496 e. The van der Waals surface area contributed by atoms with Crippen molar-refractivity contribution in [3.8, 4) is 23.4 Å². The lowest BCUT2D eigenvalue weighted by molar-refractivity contribution is -0.123. The van der Waals surface area contributed by atoms with Crippen LogP contribution in [-0.4, -0.2) is 30.7 Å². The van der Waals surface area contributed by atoms with Crippen molar-refractivity contribution in [2.75, 3.05) is 13.7 Å². The van der Waals surface area contributed by atoms with Gasteiger partial charge < -0.3 is 14.8 Å². The summed E-state index contributed by atoms with van der Waals surface area (Å²) in [6.45, 7) is -1.48. The van der Waals surface area contributed by atoms with Crippen LogP contribution in [0, 0.1) is 11.3 Å². The van der Waals surface area contributed by atoms with Crippen LogP contribution in [0.5, 0.6) is 17.4 Å². The second kappa shape index (κ2) is 7.53. The van der Waals surface area contributed by atoms with Gasteiger partial charge in [0, 0.05) is 12.1 Å². The Bertz CT molecular complexity index is 816. The molecule has 1 heterocycles. The van der Waals surface area contributed by atoms with Gasteiger partial charge in [-0.1, -0.05) is 6.07 Å². The molecule has 0 radical (unpaired) electrons. The number of nitrogens with zero attached hydrogens (tertiary/aromatic N) is 2. The minimum atomic E-state index is -4.54. The molecule has 0 fully saturated rings. The van der Waals surface area contributed by atoms with E-state index in [2.05, 4.69) is 4.98 Å². The molecular weight excluding hydrogens is 339 g/mol. The second-order valence-corrected chi connectivity index (χ2v) is 4.77. The minimum absolute atomic E-state index is 0.0633. The Morgan fingerprint density at radius 1 is 1.28 bits per heavy atom. The van der Waals surface area contributed by atoms with Crippen LogP contribution in [-0.2, 0) is 0 Å². The van der Waals surface area contributed by atoms with Crippen molar-refractivity contribution in [1.29, 1.82) is 5.26 Å². The van der Waals surface area contributed by atoms with Crippen molar-refractivity contribution in [2.45, 2.75) is 6.18 Å². The Morgan fingerprint density at radius 3 is 2.68 bits per heavy atom. The van der Waals surface area contributed by atoms with Crippen molar-refractivity contribution in [3.63, 3.8) is 0 Å². The quantitative estimate of drug-likeness (QED) is 0.895. The number of carbonyl (C=O) groups is 1. The highest BCUT2D eigenvalue weighted by Crippen LogP contribution is 2.25. The van der Waals surface area contributed by atoms with E-state index in [1.54, 1.807) is 23.5 Å². The zero-order chi connectivity index (χ0) is 18.4. The molecule has 6 nitrogen and oxygen atoms in total. The van der Waals surface area contributed by atoms with Crippen LogP contribution < -0.4 is 14.8 Å². The fourth-order valence-corrected chi connectivity index (χ4v) is 1.79. The van der Waals surface area contributed by atoms with Crippen LogP contribution in [0.3, 0.4) is 0 Å². The average Bonchev–Trinajstić information content (AvgIpc) is 2.58. The normalized spacial score (nSPS) is 10.7. The van der Waals surface area contributed by atoms with Crippen LogP contribution in [0.2, 0.25) is 0 Å². The molecule has 0 spiro atoms. The number of ether oxygens (including phenoxy) is 2. The molecule has 1 aromatic carbocycles. The molecule has 0 aliphatic carbocycles. The summed E-state index contributed by atoms with van der Waals surface area (Å²) in [5.41, 5.74) is 0.0542. The molecule has 0 atom stereocenters. The molecular formula is C16H12F3N3O3.